The van der Waals surface area contributed by atoms with E-state index in [1.54, 1.807) is 11.3 Å². The first-order valence-electron chi connectivity index (χ1n) is 6.66. The van der Waals surface area contributed by atoms with Crippen LogP contribution >= 0.6 is 11.3 Å². The minimum absolute atomic E-state index is 0.113. The average Bonchev–Trinajstić information content (AvgIpc) is 2.82. The summed E-state index contributed by atoms with van der Waals surface area (Å²) in [5.74, 6) is 0. The molecule has 1 aliphatic heterocycles. The Morgan fingerprint density at radius 1 is 1.44 bits per heavy atom. The zero-order valence-electron chi connectivity index (χ0n) is 11.5. The second-order valence-electron chi connectivity index (χ2n) is 5.02. The molecule has 2 heterocycles. The van der Waals surface area contributed by atoms with Crippen molar-refractivity contribution in [2.75, 3.05) is 32.1 Å². The molecular formula is C13H23N3OS. The third-order valence-electron chi connectivity index (χ3n) is 3.78. The molecule has 0 bridgehead atoms. The zero-order valence-corrected chi connectivity index (χ0v) is 12.3. The van der Waals surface area contributed by atoms with Crippen LogP contribution in [0.1, 0.15) is 30.3 Å². The number of hydrogen-bond donors (Lipinski definition) is 1. The molecular weight excluding hydrogens is 246 g/mol. The lowest BCUT2D eigenvalue weighted by Crippen LogP contribution is -2.41. The summed E-state index contributed by atoms with van der Waals surface area (Å²) in [6.45, 7) is 4.53. The predicted octanol–water partition coefficient (Wildman–Crippen LogP) is 1.73. The third kappa shape index (κ3) is 2.84. The summed E-state index contributed by atoms with van der Waals surface area (Å²) >= 11 is 1.64. The molecule has 1 aliphatic rings. The number of aryl methyl sites for hydroxylation is 1. The van der Waals surface area contributed by atoms with Crippen molar-refractivity contribution < 1.29 is 5.11 Å². The molecule has 0 saturated carbocycles. The maximum absolute atomic E-state index is 9.33. The number of aliphatic hydroxyl groups is 1. The van der Waals surface area contributed by atoms with Gasteiger partial charge in [0.1, 0.15) is 0 Å². The summed E-state index contributed by atoms with van der Waals surface area (Å²) in [5, 5.41) is 10.4. The van der Waals surface area contributed by atoms with Crippen LogP contribution in [0.15, 0.2) is 0 Å². The third-order valence-corrected chi connectivity index (χ3v) is 4.96. The maximum atomic E-state index is 9.33. The standard InChI is InChI=1S/C13H23N3OS/c1-4-11-12(9-17)18-13(14-11)16(3)10-5-7-15(2)8-6-10/h10,17H,4-9H2,1-3H3. The molecule has 1 saturated heterocycles. The SMILES string of the molecule is CCc1nc(N(C)C2CCN(C)CC2)sc1CO. The molecule has 0 unspecified atom stereocenters. The lowest BCUT2D eigenvalue weighted by Gasteiger charge is -2.34. The molecule has 0 aromatic carbocycles. The van der Waals surface area contributed by atoms with Gasteiger partial charge >= 0.3 is 0 Å². The molecule has 1 aromatic rings. The molecule has 0 atom stereocenters. The van der Waals surface area contributed by atoms with E-state index in [2.05, 4.69) is 35.8 Å². The van der Waals surface area contributed by atoms with E-state index in [1.165, 1.54) is 12.8 Å². The molecule has 0 aliphatic carbocycles. The van der Waals surface area contributed by atoms with Gasteiger partial charge in [0.2, 0.25) is 0 Å². The van der Waals surface area contributed by atoms with Crippen molar-refractivity contribution in [3.8, 4) is 0 Å². The topological polar surface area (TPSA) is 39.6 Å². The second-order valence-corrected chi connectivity index (χ2v) is 6.09. The molecule has 102 valence electrons. The number of thiazole rings is 1. The minimum Gasteiger partial charge on any atom is -0.391 e. The van der Waals surface area contributed by atoms with E-state index < -0.39 is 0 Å². The average molecular weight is 269 g/mol. The Morgan fingerprint density at radius 3 is 2.61 bits per heavy atom. The number of piperidine rings is 1. The summed E-state index contributed by atoms with van der Waals surface area (Å²) < 4.78 is 0. The summed E-state index contributed by atoms with van der Waals surface area (Å²) in [5.41, 5.74) is 1.05. The number of aromatic nitrogens is 1. The van der Waals surface area contributed by atoms with Crippen LogP contribution in [0, 0.1) is 0 Å². The van der Waals surface area contributed by atoms with Gasteiger partial charge in [0.15, 0.2) is 5.13 Å². The van der Waals surface area contributed by atoms with E-state index >= 15 is 0 Å². The largest absolute Gasteiger partial charge is 0.391 e. The van der Waals surface area contributed by atoms with Crippen molar-refractivity contribution in [1.29, 1.82) is 0 Å². The Kier molecular flexibility index (Phi) is 4.59. The highest BCUT2D eigenvalue weighted by Gasteiger charge is 2.23. The van der Waals surface area contributed by atoms with Crippen LogP contribution < -0.4 is 4.90 Å². The van der Waals surface area contributed by atoms with E-state index in [0.717, 1.165) is 35.2 Å². The first kappa shape index (κ1) is 13.8. The number of nitrogens with zero attached hydrogens (tertiary/aromatic N) is 3. The monoisotopic (exact) mass is 269 g/mol. The highest BCUT2D eigenvalue weighted by molar-refractivity contribution is 7.15. The van der Waals surface area contributed by atoms with Gasteiger partial charge in [-0.15, -0.1) is 0 Å². The Hall–Kier alpha value is -0.650. The molecule has 1 aromatic heterocycles. The van der Waals surface area contributed by atoms with Crippen molar-refractivity contribution in [2.24, 2.45) is 0 Å². The van der Waals surface area contributed by atoms with Gasteiger partial charge in [-0.25, -0.2) is 4.98 Å². The van der Waals surface area contributed by atoms with Gasteiger partial charge in [-0.05, 0) is 39.4 Å². The van der Waals surface area contributed by atoms with Crippen molar-refractivity contribution >= 4 is 16.5 Å². The van der Waals surface area contributed by atoms with Crippen LogP contribution in [0.4, 0.5) is 5.13 Å². The molecule has 5 heteroatoms. The van der Waals surface area contributed by atoms with Gasteiger partial charge in [-0.2, -0.15) is 0 Å². The van der Waals surface area contributed by atoms with Crippen LogP contribution in [-0.2, 0) is 13.0 Å². The maximum Gasteiger partial charge on any atom is 0.185 e. The Bertz CT molecular complexity index is 364. The number of hydrogen-bond acceptors (Lipinski definition) is 5. The lowest BCUT2D eigenvalue weighted by molar-refractivity contribution is 0.253. The van der Waals surface area contributed by atoms with Crippen molar-refractivity contribution in [1.82, 2.24) is 9.88 Å². The minimum atomic E-state index is 0.113. The van der Waals surface area contributed by atoms with Crippen molar-refractivity contribution in [3.63, 3.8) is 0 Å². The molecule has 1 N–H and O–H groups in total. The fourth-order valence-corrected chi connectivity index (χ4v) is 3.50. The highest BCUT2D eigenvalue weighted by atomic mass is 32.1. The summed E-state index contributed by atoms with van der Waals surface area (Å²) in [7, 11) is 4.31. The van der Waals surface area contributed by atoms with E-state index in [0.29, 0.717) is 6.04 Å². The van der Waals surface area contributed by atoms with Gasteiger partial charge in [-0.3, -0.25) is 0 Å². The number of anilines is 1. The second kappa shape index (κ2) is 5.99. The summed E-state index contributed by atoms with van der Waals surface area (Å²) in [6, 6.07) is 0.587. The summed E-state index contributed by atoms with van der Waals surface area (Å²) in [4.78, 5) is 10.4. The lowest BCUT2D eigenvalue weighted by atomic mass is 10.0. The first-order valence-corrected chi connectivity index (χ1v) is 7.48. The van der Waals surface area contributed by atoms with Crippen LogP contribution in [0.3, 0.4) is 0 Å². The van der Waals surface area contributed by atoms with Gasteiger partial charge in [-0.1, -0.05) is 18.3 Å². The predicted molar refractivity (Wildman–Crippen MR) is 76.3 cm³/mol. The normalized spacial score (nSPS) is 18.2. The molecule has 4 nitrogen and oxygen atoms in total. The smallest absolute Gasteiger partial charge is 0.185 e. The van der Waals surface area contributed by atoms with Crippen molar-refractivity contribution in [2.45, 2.75) is 38.8 Å². The molecule has 0 spiro atoms. The quantitative estimate of drug-likeness (QED) is 0.903. The molecule has 1 fully saturated rings. The van der Waals surface area contributed by atoms with Gasteiger partial charge in [0.05, 0.1) is 17.2 Å². The first-order chi connectivity index (χ1) is 8.65. The fourth-order valence-electron chi connectivity index (χ4n) is 2.46. The fraction of sp³-hybridized carbons (Fsp3) is 0.769. The van der Waals surface area contributed by atoms with Crippen LogP contribution in [0.5, 0.6) is 0 Å². The molecule has 0 amide bonds. The molecule has 0 radical (unpaired) electrons. The van der Waals surface area contributed by atoms with Crippen LogP contribution in [-0.4, -0.2) is 48.2 Å². The van der Waals surface area contributed by atoms with Gasteiger partial charge in [0, 0.05) is 13.1 Å². The molecule has 18 heavy (non-hydrogen) atoms. The summed E-state index contributed by atoms with van der Waals surface area (Å²) in [6.07, 6.45) is 3.29. The van der Waals surface area contributed by atoms with E-state index in [-0.39, 0.29) is 6.61 Å². The van der Waals surface area contributed by atoms with Gasteiger partial charge < -0.3 is 14.9 Å². The number of aliphatic hydroxyl groups excluding tert-OH is 1. The zero-order chi connectivity index (χ0) is 13.1. The highest BCUT2D eigenvalue weighted by Crippen LogP contribution is 2.29. The van der Waals surface area contributed by atoms with Crippen molar-refractivity contribution in [3.05, 3.63) is 10.6 Å². The Morgan fingerprint density at radius 2 is 2.11 bits per heavy atom. The van der Waals surface area contributed by atoms with E-state index in [4.69, 9.17) is 0 Å². The van der Waals surface area contributed by atoms with E-state index in [9.17, 15) is 5.11 Å². The van der Waals surface area contributed by atoms with Gasteiger partial charge in [0.25, 0.3) is 0 Å². The number of likely N-dealkylation sites (tertiary alicyclic amines) is 1. The van der Waals surface area contributed by atoms with E-state index in [1.807, 2.05) is 0 Å². The molecule has 2 rings (SSSR count). The van der Waals surface area contributed by atoms with Crippen LogP contribution in [0.25, 0.3) is 0 Å². The Labute approximate surface area is 113 Å². The van der Waals surface area contributed by atoms with Crippen LogP contribution in [0.2, 0.25) is 0 Å². The Balaban J connectivity index is 2.08. The number of rotatable bonds is 4.